The summed E-state index contributed by atoms with van der Waals surface area (Å²) in [6, 6.07) is 5.72. The van der Waals surface area contributed by atoms with E-state index in [4.69, 9.17) is 11.6 Å². The first kappa shape index (κ1) is 16.2. The molecule has 1 N–H and O–H groups in total. The van der Waals surface area contributed by atoms with Crippen LogP contribution in [0.3, 0.4) is 0 Å². The van der Waals surface area contributed by atoms with E-state index in [1.165, 1.54) is 0 Å². The van der Waals surface area contributed by atoms with Crippen LogP contribution in [0, 0.1) is 8.99 Å². The molecule has 0 atom stereocenters. The van der Waals surface area contributed by atoms with Crippen molar-refractivity contribution >= 4 is 56.0 Å². The number of halogens is 3. The fourth-order valence-electron chi connectivity index (χ4n) is 1.43. The normalized spacial score (nSPS) is 11.4. The minimum atomic E-state index is -0.0527. The Balaban J connectivity index is 2.69. The van der Waals surface area contributed by atoms with Crippen molar-refractivity contribution in [2.75, 3.05) is 12.4 Å². The first-order valence-electron chi connectivity index (χ1n) is 5.65. The molecule has 0 aliphatic heterocycles. The van der Waals surface area contributed by atoms with Crippen LogP contribution in [-0.4, -0.2) is 18.3 Å². The summed E-state index contributed by atoms with van der Waals surface area (Å²) >= 11 is 11.3. The lowest BCUT2D eigenvalue weighted by Crippen LogP contribution is -2.34. The molecule has 1 amide bonds. The first-order valence-corrected chi connectivity index (χ1v) is 8.05. The van der Waals surface area contributed by atoms with E-state index in [0.717, 1.165) is 14.5 Å². The van der Waals surface area contributed by atoms with Gasteiger partial charge in [0.2, 0.25) is 0 Å². The highest BCUT2D eigenvalue weighted by molar-refractivity contribution is 14.1. The van der Waals surface area contributed by atoms with Crippen molar-refractivity contribution in [1.29, 1.82) is 0 Å². The number of hydrogen-bond acceptors (Lipinski definition) is 1. The summed E-state index contributed by atoms with van der Waals surface area (Å²) in [4.78, 5) is 12.1. The van der Waals surface area contributed by atoms with Gasteiger partial charge in [0.05, 0.1) is 5.56 Å². The lowest BCUT2D eigenvalue weighted by Gasteiger charge is -2.23. The van der Waals surface area contributed by atoms with Crippen LogP contribution in [0.15, 0.2) is 22.7 Å². The first-order chi connectivity index (χ1) is 8.35. The molecule has 18 heavy (non-hydrogen) atoms. The number of alkyl halides is 1. The topological polar surface area (TPSA) is 29.1 Å². The van der Waals surface area contributed by atoms with Gasteiger partial charge in [-0.2, -0.15) is 0 Å². The van der Waals surface area contributed by atoms with E-state index in [2.05, 4.69) is 57.7 Å². The fraction of sp³-hybridized carbons (Fsp3) is 0.462. The SMILES string of the molecule is CC(C)(CCCl)CNC(=O)c1cc(I)ccc1Br. The third-order valence-corrected chi connectivity index (χ3v) is 4.22. The Morgan fingerprint density at radius 3 is 2.78 bits per heavy atom. The second-order valence-electron chi connectivity index (χ2n) is 4.91. The zero-order chi connectivity index (χ0) is 13.8. The third kappa shape index (κ3) is 5.05. The predicted octanol–water partition coefficient (Wildman–Crippen LogP) is 4.44. The van der Waals surface area contributed by atoms with Crippen LogP contribution in [0.4, 0.5) is 0 Å². The van der Waals surface area contributed by atoms with E-state index in [-0.39, 0.29) is 11.3 Å². The molecule has 2 nitrogen and oxygen atoms in total. The number of amides is 1. The van der Waals surface area contributed by atoms with Gasteiger partial charge in [-0.1, -0.05) is 13.8 Å². The third-order valence-electron chi connectivity index (χ3n) is 2.67. The van der Waals surface area contributed by atoms with Crippen LogP contribution >= 0.6 is 50.1 Å². The van der Waals surface area contributed by atoms with Crippen LogP contribution < -0.4 is 5.32 Å². The number of benzene rings is 1. The molecule has 5 heteroatoms. The van der Waals surface area contributed by atoms with Crippen molar-refractivity contribution in [3.63, 3.8) is 0 Å². The van der Waals surface area contributed by atoms with Gasteiger partial charge in [0.1, 0.15) is 0 Å². The maximum atomic E-state index is 12.1. The predicted molar refractivity (Wildman–Crippen MR) is 88.3 cm³/mol. The Bertz CT molecular complexity index is 437. The highest BCUT2D eigenvalue weighted by atomic mass is 127. The van der Waals surface area contributed by atoms with Gasteiger partial charge in [-0.25, -0.2) is 0 Å². The van der Waals surface area contributed by atoms with Crippen LogP contribution in [0.1, 0.15) is 30.6 Å². The molecule has 0 bridgehead atoms. The van der Waals surface area contributed by atoms with Gasteiger partial charge in [0.15, 0.2) is 0 Å². The van der Waals surface area contributed by atoms with Crippen LogP contribution in [0.5, 0.6) is 0 Å². The molecule has 0 fully saturated rings. The smallest absolute Gasteiger partial charge is 0.252 e. The molecule has 0 heterocycles. The average Bonchev–Trinajstić information content (AvgIpc) is 2.29. The monoisotopic (exact) mass is 443 g/mol. The second kappa shape index (κ2) is 7.10. The maximum absolute atomic E-state index is 12.1. The molecule has 1 aromatic carbocycles. The molecule has 0 spiro atoms. The zero-order valence-corrected chi connectivity index (χ0v) is 14.9. The second-order valence-corrected chi connectivity index (χ2v) is 7.39. The van der Waals surface area contributed by atoms with Gasteiger partial charge >= 0.3 is 0 Å². The van der Waals surface area contributed by atoms with E-state index in [1.807, 2.05) is 18.2 Å². The van der Waals surface area contributed by atoms with Gasteiger partial charge in [0.25, 0.3) is 5.91 Å². The van der Waals surface area contributed by atoms with Crippen molar-refractivity contribution in [3.8, 4) is 0 Å². The number of carbonyl (C=O) groups is 1. The summed E-state index contributed by atoms with van der Waals surface area (Å²) in [6.45, 7) is 4.81. The number of nitrogens with one attached hydrogen (secondary N) is 1. The Labute approximate surface area is 135 Å². The molecule has 1 aromatic rings. The molecule has 0 radical (unpaired) electrons. The Kier molecular flexibility index (Phi) is 6.41. The van der Waals surface area contributed by atoms with Crippen LogP contribution in [0.25, 0.3) is 0 Å². The molecule has 0 saturated carbocycles. The molecule has 0 aliphatic rings. The lowest BCUT2D eigenvalue weighted by atomic mass is 9.90. The maximum Gasteiger partial charge on any atom is 0.252 e. The minimum Gasteiger partial charge on any atom is -0.351 e. The van der Waals surface area contributed by atoms with Crippen molar-refractivity contribution in [1.82, 2.24) is 5.32 Å². The van der Waals surface area contributed by atoms with Gasteiger partial charge < -0.3 is 5.32 Å². The van der Waals surface area contributed by atoms with Crippen LogP contribution in [-0.2, 0) is 0 Å². The average molecular weight is 445 g/mol. The van der Waals surface area contributed by atoms with Crippen LogP contribution in [0.2, 0.25) is 0 Å². The molecule has 0 aromatic heterocycles. The standard InChI is InChI=1S/C13H16BrClINO/c1-13(2,5-6-15)8-17-12(18)10-7-9(16)3-4-11(10)14/h3-4,7H,5-6,8H2,1-2H3,(H,17,18). The number of hydrogen-bond donors (Lipinski definition) is 1. The molecule has 0 aliphatic carbocycles. The number of carbonyl (C=O) groups excluding carboxylic acids is 1. The van der Waals surface area contributed by atoms with Gasteiger partial charge in [-0.15, -0.1) is 11.6 Å². The lowest BCUT2D eigenvalue weighted by molar-refractivity contribution is 0.0935. The van der Waals surface area contributed by atoms with E-state index >= 15 is 0 Å². The molecule has 100 valence electrons. The summed E-state index contributed by atoms with van der Waals surface area (Å²) in [6.07, 6.45) is 0.877. The minimum absolute atomic E-state index is 0.0197. The molecule has 0 unspecified atom stereocenters. The summed E-state index contributed by atoms with van der Waals surface area (Å²) in [5, 5.41) is 2.96. The summed E-state index contributed by atoms with van der Waals surface area (Å²) in [5.41, 5.74) is 0.690. The largest absolute Gasteiger partial charge is 0.351 e. The molecular formula is C13H16BrClINO. The van der Waals surface area contributed by atoms with Crippen molar-refractivity contribution in [2.45, 2.75) is 20.3 Å². The summed E-state index contributed by atoms with van der Waals surface area (Å²) in [5.74, 6) is 0.554. The van der Waals surface area contributed by atoms with E-state index < -0.39 is 0 Å². The van der Waals surface area contributed by atoms with E-state index in [1.54, 1.807) is 0 Å². The van der Waals surface area contributed by atoms with E-state index in [9.17, 15) is 4.79 Å². The molecule has 1 rings (SSSR count). The Morgan fingerprint density at radius 2 is 2.17 bits per heavy atom. The van der Waals surface area contributed by atoms with Crippen molar-refractivity contribution < 1.29 is 4.79 Å². The van der Waals surface area contributed by atoms with Crippen molar-refractivity contribution in [3.05, 3.63) is 31.8 Å². The number of rotatable bonds is 5. The summed E-state index contributed by atoms with van der Waals surface area (Å²) < 4.78 is 1.86. The molecule has 0 saturated heterocycles. The van der Waals surface area contributed by atoms with Crippen molar-refractivity contribution in [2.24, 2.45) is 5.41 Å². The zero-order valence-electron chi connectivity index (χ0n) is 10.4. The quantitative estimate of drug-likeness (QED) is 0.528. The Hall–Kier alpha value is 0.190. The van der Waals surface area contributed by atoms with Gasteiger partial charge in [0, 0.05) is 20.5 Å². The van der Waals surface area contributed by atoms with Gasteiger partial charge in [-0.3, -0.25) is 4.79 Å². The highest BCUT2D eigenvalue weighted by Crippen LogP contribution is 2.22. The fourth-order valence-corrected chi connectivity index (χ4v) is 2.86. The van der Waals surface area contributed by atoms with Gasteiger partial charge in [-0.05, 0) is 68.6 Å². The highest BCUT2D eigenvalue weighted by Gasteiger charge is 2.19. The molecular weight excluding hydrogens is 428 g/mol. The van der Waals surface area contributed by atoms with E-state index in [0.29, 0.717) is 18.0 Å². The summed E-state index contributed by atoms with van der Waals surface area (Å²) in [7, 11) is 0. The Morgan fingerprint density at radius 1 is 1.50 bits per heavy atom.